The molecule has 198 valence electrons. The van der Waals surface area contributed by atoms with Gasteiger partial charge in [-0.1, -0.05) is 0 Å². The minimum absolute atomic E-state index is 0.0180. The zero-order valence-corrected chi connectivity index (χ0v) is 21.8. The number of nitrogens with zero attached hydrogens (tertiary/aromatic N) is 7. The van der Waals surface area contributed by atoms with Gasteiger partial charge in [-0.2, -0.15) is 15.1 Å². The van der Waals surface area contributed by atoms with Crippen molar-refractivity contribution in [3.63, 3.8) is 0 Å². The van der Waals surface area contributed by atoms with Crippen LogP contribution < -0.4 is 15.5 Å². The summed E-state index contributed by atoms with van der Waals surface area (Å²) in [6.45, 7) is 6.16. The Morgan fingerprint density at radius 2 is 2.08 bits per heavy atom. The largest absolute Gasteiger partial charge is 0.376 e. The van der Waals surface area contributed by atoms with Gasteiger partial charge in [0.1, 0.15) is 6.61 Å². The summed E-state index contributed by atoms with van der Waals surface area (Å²) in [5.74, 6) is 1.84. The summed E-state index contributed by atoms with van der Waals surface area (Å²) in [6.07, 6.45) is 6.24. The summed E-state index contributed by atoms with van der Waals surface area (Å²) in [5, 5.41) is 11.2. The van der Waals surface area contributed by atoms with Crippen molar-refractivity contribution in [3.8, 4) is 0 Å². The Morgan fingerprint density at radius 1 is 1.24 bits per heavy atom. The van der Waals surface area contributed by atoms with Crippen molar-refractivity contribution in [2.24, 2.45) is 13.0 Å². The molecule has 1 amide bonds. The minimum atomic E-state index is -0.144. The van der Waals surface area contributed by atoms with Crippen LogP contribution >= 0.6 is 0 Å². The molecule has 3 aromatic rings. The first-order valence-electron chi connectivity index (χ1n) is 13.0. The van der Waals surface area contributed by atoms with Crippen molar-refractivity contribution in [1.82, 2.24) is 34.6 Å². The van der Waals surface area contributed by atoms with Crippen molar-refractivity contribution < 1.29 is 14.3 Å². The van der Waals surface area contributed by atoms with Crippen LogP contribution in [0, 0.1) is 5.92 Å². The van der Waals surface area contributed by atoms with Crippen LogP contribution in [0.2, 0.25) is 0 Å². The molecular weight excluding hydrogens is 474 g/mol. The Morgan fingerprint density at radius 3 is 2.76 bits per heavy atom. The second-order valence-electron chi connectivity index (χ2n) is 10.7. The van der Waals surface area contributed by atoms with Crippen LogP contribution in [0.1, 0.15) is 44.3 Å². The lowest BCUT2D eigenvalue weighted by atomic mass is 9.75. The van der Waals surface area contributed by atoms with Gasteiger partial charge in [0.25, 0.3) is 0 Å². The number of nitrogens with one attached hydrogen (secondary N) is 2. The second kappa shape index (κ2) is 9.56. The number of carbonyl (C=O) groups excluding carboxylic acids is 1. The molecule has 0 aromatic carbocycles. The van der Waals surface area contributed by atoms with Crippen LogP contribution in [0.25, 0.3) is 11.2 Å². The highest BCUT2D eigenvalue weighted by Crippen LogP contribution is 2.40. The van der Waals surface area contributed by atoms with Gasteiger partial charge < -0.3 is 29.6 Å². The van der Waals surface area contributed by atoms with Gasteiger partial charge in [0.05, 0.1) is 31.1 Å². The van der Waals surface area contributed by atoms with Gasteiger partial charge >= 0.3 is 0 Å². The predicted octanol–water partition coefficient (Wildman–Crippen LogP) is 1.47. The summed E-state index contributed by atoms with van der Waals surface area (Å²) in [5.41, 5.74) is 2.62. The molecule has 4 aliphatic rings. The third kappa shape index (κ3) is 4.42. The van der Waals surface area contributed by atoms with Gasteiger partial charge in [-0.15, -0.1) is 0 Å². The maximum atomic E-state index is 12.5. The maximum Gasteiger partial charge on any atom is 0.246 e. The number of methoxy groups -OCH3 is 1. The van der Waals surface area contributed by atoms with E-state index < -0.39 is 0 Å². The highest BCUT2D eigenvalue weighted by atomic mass is 16.5. The Kier molecular flexibility index (Phi) is 6.23. The van der Waals surface area contributed by atoms with E-state index in [9.17, 15) is 4.79 Å². The average molecular weight is 510 g/mol. The van der Waals surface area contributed by atoms with Crippen molar-refractivity contribution in [2.45, 2.75) is 56.8 Å². The van der Waals surface area contributed by atoms with Crippen molar-refractivity contribution in [3.05, 3.63) is 24.3 Å². The van der Waals surface area contributed by atoms with Gasteiger partial charge in [-0.25, -0.2) is 4.98 Å². The van der Waals surface area contributed by atoms with E-state index in [1.165, 1.54) is 7.11 Å². The van der Waals surface area contributed by atoms with Gasteiger partial charge in [-0.3, -0.25) is 9.48 Å². The molecule has 1 unspecified atom stereocenters. The van der Waals surface area contributed by atoms with Crippen LogP contribution in [0.3, 0.4) is 0 Å². The number of amides is 1. The standard InChI is InChI=1S/C25H35N9O3/c1-14(2)34-13-26-22-23(29-19-11-37-16-7-15(19)8-16)30-25(31-24(22)34)33-9-17(20-5-6-27-32(20)3)18(10-33)28-21(35)12-36-4/h5-6,13-19H,7-12H2,1-4H3,(H,28,35)(H,29,30,31)/t15?,16?,17-,18-,19?/m1/s1. The number of hydrogen-bond acceptors (Lipinski definition) is 9. The van der Waals surface area contributed by atoms with E-state index in [1.54, 1.807) is 6.20 Å². The number of anilines is 2. The molecule has 3 aliphatic heterocycles. The van der Waals surface area contributed by atoms with Crippen LogP contribution in [-0.2, 0) is 21.3 Å². The van der Waals surface area contributed by atoms with E-state index in [2.05, 4.69) is 44.0 Å². The zero-order valence-electron chi connectivity index (χ0n) is 21.8. The lowest BCUT2D eigenvalue weighted by Gasteiger charge is -2.46. The summed E-state index contributed by atoms with van der Waals surface area (Å²) < 4.78 is 14.9. The highest BCUT2D eigenvalue weighted by Gasteiger charge is 2.42. The van der Waals surface area contributed by atoms with E-state index in [4.69, 9.17) is 19.4 Å². The molecule has 7 rings (SSSR count). The van der Waals surface area contributed by atoms with Crippen LogP contribution in [-0.4, -0.2) is 86.8 Å². The van der Waals surface area contributed by atoms with E-state index in [0.717, 1.165) is 35.5 Å². The van der Waals surface area contributed by atoms with Crippen LogP contribution in [0.5, 0.6) is 0 Å². The zero-order chi connectivity index (χ0) is 25.7. The van der Waals surface area contributed by atoms with E-state index in [-0.39, 0.29) is 36.6 Å². The topological polar surface area (TPSA) is 124 Å². The van der Waals surface area contributed by atoms with Crippen molar-refractivity contribution >= 4 is 28.8 Å². The monoisotopic (exact) mass is 509 g/mol. The molecule has 6 heterocycles. The fourth-order valence-electron chi connectivity index (χ4n) is 5.85. The first-order chi connectivity index (χ1) is 17.9. The third-order valence-electron chi connectivity index (χ3n) is 7.96. The number of aryl methyl sites for hydroxylation is 1. The molecule has 3 saturated heterocycles. The number of imidazole rings is 1. The molecule has 3 atom stereocenters. The van der Waals surface area contributed by atoms with Crippen LogP contribution in [0.4, 0.5) is 11.8 Å². The van der Waals surface area contributed by atoms with Crippen molar-refractivity contribution in [2.75, 3.05) is 43.6 Å². The average Bonchev–Trinajstić information content (AvgIpc) is 3.57. The fourth-order valence-corrected chi connectivity index (χ4v) is 5.85. The summed E-state index contributed by atoms with van der Waals surface area (Å²) in [7, 11) is 3.45. The van der Waals surface area contributed by atoms with Crippen molar-refractivity contribution in [1.29, 1.82) is 0 Å². The SMILES string of the molecule is COCC(=O)N[C@@H]1CN(c2nc(NC3COC4CC3C4)c3ncn(C(C)C)c3n2)C[C@H]1c1ccnn1C. The van der Waals surface area contributed by atoms with Gasteiger partial charge in [0.2, 0.25) is 11.9 Å². The molecule has 2 bridgehead atoms. The van der Waals surface area contributed by atoms with Gasteiger partial charge in [0, 0.05) is 51.1 Å². The van der Waals surface area contributed by atoms with E-state index >= 15 is 0 Å². The Balaban J connectivity index is 1.35. The lowest BCUT2D eigenvalue weighted by Crippen LogP contribution is -2.51. The molecule has 37 heavy (non-hydrogen) atoms. The second-order valence-corrected chi connectivity index (χ2v) is 10.7. The highest BCUT2D eigenvalue weighted by molar-refractivity contribution is 5.85. The number of ether oxygens (including phenoxy) is 2. The lowest BCUT2D eigenvalue weighted by molar-refractivity contribution is -0.125. The molecule has 0 spiro atoms. The van der Waals surface area contributed by atoms with E-state index in [0.29, 0.717) is 37.7 Å². The molecule has 1 aliphatic carbocycles. The quantitative estimate of drug-likeness (QED) is 0.464. The Labute approximate surface area is 215 Å². The predicted molar refractivity (Wildman–Crippen MR) is 138 cm³/mol. The molecular formula is C25H35N9O3. The number of fused-ring (bicyclic) bond motifs is 3. The number of hydrogen-bond donors (Lipinski definition) is 2. The molecule has 4 fully saturated rings. The molecule has 3 aromatic heterocycles. The Hall–Kier alpha value is -3.25. The molecule has 12 heteroatoms. The summed E-state index contributed by atoms with van der Waals surface area (Å²) >= 11 is 0. The molecule has 0 radical (unpaired) electrons. The minimum Gasteiger partial charge on any atom is -0.376 e. The first-order valence-corrected chi connectivity index (χ1v) is 13.0. The number of aromatic nitrogens is 6. The molecule has 2 N–H and O–H groups in total. The van der Waals surface area contributed by atoms with Crippen LogP contribution in [0.15, 0.2) is 18.6 Å². The number of rotatable bonds is 8. The maximum absolute atomic E-state index is 12.5. The van der Waals surface area contributed by atoms with E-state index in [1.807, 2.05) is 24.1 Å². The Bertz CT molecular complexity index is 1280. The fraction of sp³-hybridized carbons (Fsp3) is 0.640. The first kappa shape index (κ1) is 24.1. The number of carbonyl (C=O) groups is 1. The molecule has 12 nitrogen and oxygen atoms in total. The summed E-state index contributed by atoms with van der Waals surface area (Å²) in [6, 6.07) is 2.28. The molecule has 1 saturated carbocycles. The van der Waals surface area contributed by atoms with Gasteiger partial charge in [-0.05, 0) is 38.7 Å². The summed E-state index contributed by atoms with van der Waals surface area (Å²) in [4.78, 5) is 29.3. The normalized spacial score (nSPS) is 27.1. The van der Waals surface area contributed by atoms with Gasteiger partial charge in [0.15, 0.2) is 17.0 Å². The third-order valence-corrected chi connectivity index (χ3v) is 7.96. The smallest absolute Gasteiger partial charge is 0.246 e.